The third-order valence-corrected chi connectivity index (χ3v) is 8.69. The number of anilines is 1. The molecule has 0 bridgehead atoms. The van der Waals surface area contributed by atoms with E-state index in [-0.39, 0.29) is 23.8 Å². The molecule has 1 atom stereocenters. The van der Waals surface area contributed by atoms with E-state index in [9.17, 15) is 18.0 Å². The van der Waals surface area contributed by atoms with Crippen LogP contribution in [0.15, 0.2) is 120 Å². The number of benzene rings is 4. The van der Waals surface area contributed by atoms with Gasteiger partial charge in [0.2, 0.25) is 11.8 Å². The summed E-state index contributed by atoms with van der Waals surface area (Å²) in [7, 11) is -4.12. The van der Waals surface area contributed by atoms with Gasteiger partial charge in [-0.15, -0.1) is 0 Å². The second-order valence-corrected chi connectivity index (χ2v) is 13.5. The van der Waals surface area contributed by atoms with Crippen molar-refractivity contribution in [3.05, 3.63) is 132 Å². The Kier molecular flexibility index (Phi) is 10.0. The first-order valence-electron chi connectivity index (χ1n) is 14.3. The van der Waals surface area contributed by atoms with E-state index in [1.165, 1.54) is 17.0 Å². The minimum absolute atomic E-state index is 0.0734. The van der Waals surface area contributed by atoms with Crippen LogP contribution in [0.4, 0.5) is 5.69 Å². The summed E-state index contributed by atoms with van der Waals surface area (Å²) in [6.45, 7) is 7.22. The van der Waals surface area contributed by atoms with Gasteiger partial charge in [0.05, 0.1) is 10.6 Å². The normalized spacial score (nSPS) is 12.3. The lowest BCUT2D eigenvalue weighted by molar-refractivity contribution is -0.140. The zero-order chi connectivity index (χ0) is 31.0. The number of aryl methyl sites for hydroxylation is 1. The second kappa shape index (κ2) is 13.7. The molecule has 1 N–H and O–H groups in total. The van der Waals surface area contributed by atoms with Gasteiger partial charge in [0.15, 0.2) is 0 Å². The van der Waals surface area contributed by atoms with Gasteiger partial charge in [-0.1, -0.05) is 96.6 Å². The van der Waals surface area contributed by atoms with E-state index >= 15 is 0 Å². The number of hydrogen-bond acceptors (Lipinski definition) is 4. The van der Waals surface area contributed by atoms with Crippen LogP contribution in [0.5, 0.6) is 0 Å². The highest BCUT2D eigenvalue weighted by atomic mass is 32.2. The first-order chi connectivity index (χ1) is 20.4. The lowest BCUT2D eigenvalue weighted by Crippen LogP contribution is -2.56. The van der Waals surface area contributed by atoms with Gasteiger partial charge in [-0.3, -0.25) is 13.9 Å². The Bertz CT molecular complexity index is 1600. The maximum Gasteiger partial charge on any atom is 0.264 e. The number of carbonyl (C=O) groups excluding carboxylic acids is 2. The summed E-state index contributed by atoms with van der Waals surface area (Å²) in [4.78, 5) is 29.9. The molecule has 4 aromatic rings. The molecule has 0 aliphatic rings. The maximum absolute atomic E-state index is 14.4. The number of amides is 2. The monoisotopic (exact) mass is 597 g/mol. The Morgan fingerprint density at radius 1 is 0.744 bits per heavy atom. The summed E-state index contributed by atoms with van der Waals surface area (Å²) in [6.07, 6.45) is 0.261. The zero-order valence-electron chi connectivity index (χ0n) is 25.1. The van der Waals surface area contributed by atoms with Crippen molar-refractivity contribution in [1.82, 2.24) is 10.2 Å². The van der Waals surface area contributed by atoms with Gasteiger partial charge in [0.1, 0.15) is 12.6 Å². The molecule has 0 aromatic heterocycles. The lowest BCUT2D eigenvalue weighted by Gasteiger charge is -2.35. The largest absolute Gasteiger partial charge is 0.350 e. The van der Waals surface area contributed by atoms with Gasteiger partial charge in [0, 0.05) is 18.5 Å². The van der Waals surface area contributed by atoms with Crippen molar-refractivity contribution in [3.8, 4) is 0 Å². The summed E-state index contributed by atoms with van der Waals surface area (Å²) in [6, 6.07) is 33.1. The van der Waals surface area contributed by atoms with Crippen LogP contribution in [-0.4, -0.2) is 43.3 Å². The van der Waals surface area contributed by atoms with Crippen molar-refractivity contribution in [1.29, 1.82) is 0 Å². The fourth-order valence-electron chi connectivity index (χ4n) is 4.75. The van der Waals surface area contributed by atoms with E-state index in [4.69, 9.17) is 0 Å². The number of rotatable bonds is 11. The SMILES string of the molecule is Cc1ccc(N(CC(=O)N(Cc2ccccc2)[C@H](Cc2ccccc2)C(=O)NC(C)(C)C)S(=O)(=O)c2ccccc2)cc1. The van der Waals surface area contributed by atoms with Crippen LogP contribution >= 0.6 is 0 Å². The third kappa shape index (κ3) is 8.55. The summed E-state index contributed by atoms with van der Waals surface area (Å²) < 4.78 is 29.1. The van der Waals surface area contributed by atoms with Crippen molar-refractivity contribution in [2.45, 2.75) is 57.1 Å². The number of nitrogens with one attached hydrogen (secondary N) is 1. The van der Waals surface area contributed by atoms with Gasteiger partial charge in [0.25, 0.3) is 10.0 Å². The quantitative estimate of drug-likeness (QED) is 0.239. The molecule has 0 unspecified atom stereocenters. The number of nitrogens with zero attached hydrogens (tertiary/aromatic N) is 2. The Labute approximate surface area is 255 Å². The number of carbonyl (C=O) groups is 2. The minimum Gasteiger partial charge on any atom is -0.350 e. The summed E-state index contributed by atoms with van der Waals surface area (Å²) in [5.41, 5.74) is 2.48. The van der Waals surface area contributed by atoms with Crippen LogP contribution < -0.4 is 9.62 Å². The highest BCUT2D eigenvalue weighted by molar-refractivity contribution is 7.92. The predicted octanol–water partition coefficient (Wildman–Crippen LogP) is 5.75. The molecule has 43 heavy (non-hydrogen) atoms. The molecule has 0 saturated carbocycles. The molecular weight excluding hydrogens is 558 g/mol. The molecule has 8 heteroatoms. The molecule has 0 spiro atoms. The van der Waals surface area contributed by atoms with E-state index in [1.807, 2.05) is 100 Å². The molecule has 0 heterocycles. The van der Waals surface area contributed by atoms with E-state index < -0.39 is 34.1 Å². The van der Waals surface area contributed by atoms with Gasteiger partial charge in [-0.2, -0.15) is 0 Å². The van der Waals surface area contributed by atoms with Crippen molar-refractivity contribution in [2.75, 3.05) is 10.8 Å². The van der Waals surface area contributed by atoms with E-state index in [1.54, 1.807) is 30.3 Å². The molecule has 0 fully saturated rings. The first-order valence-corrected chi connectivity index (χ1v) is 15.7. The van der Waals surface area contributed by atoms with Crippen molar-refractivity contribution in [3.63, 3.8) is 0 Å². The Balaban J connectivity index is 1.79. The van der Waals surface area contributed by atoms with E-state index in [2.05, 4.69) is 5.32 Å². The minimum atomic E-state index is -4.12. The van der Waals surface area contributed by atoms with Crippen LogP contribution in [0.25, 0.3) is 0 Å². The van der Waals surface area contributed by atoms with Crippen molar-refractivity contribution >= 4 is 27.5 Å². The van der Waals surface area contributed by atoms with Crippen LogP contribution in [0.3, 0.4) is 0 Å². The molecule has 4 aromatic carbocycles. The Morgan fingerprint density at radius 3 is 1.79 bits per heavy atom. The fourth-order valence-corrected chi connectivity index (χ4v) is 6.18. The van der Waals surface area contributed by atoms with Gasteiger partial charge < -0.3 is 10.2 Å². The Morgan fingerprint density at radius 2 is 1.26 bits per heavy atom. The second-order valence-electron chi connectivity index (χ2n) is 11.6. The van der Waals surface area contributed by atoms with Crippen LogP contribution in [0, 0.1) is 6.92 Å². The lowest BCUT2D eigenvalue weighted by atomic mass is 10.0. The molecule has 4 rings (SSSR count). The molecule has 224 valence electrons. The zero-order valence-corrected chi connectivity index (χ0v) is 25.9. The van der Waals surface area contributed by atoms with E-state index in [0.29, 0.717) is 5.69 Å². The molecule has 2 amide bonds. The van der Waals surface area contributed by atoms with Gasteiger partial charge in [-0.05, 0) is 63.1 Å². The summed E-state index contributed by atoms with van der Waals surface area (Å²) >= 11 is 0. The van der Waals surface area contributed by atoms with Crippen molar-refractivity contribution in [2.24, 2.45) is 0 Å². The van der Waals surface area contributed by atoms with Crippen LogP contribution in [0.1, 0.15) is 37.5 Å². The highest BCUT2D eigenvalue weighted by Gasteiger charge is 2.35. The topological polar surface area (TPSA) is 86.8 Å². The Hall–Kier alpha value is -4.43. The molecular formula is C35H39N3O4S. The number of sulfonamides is 1. The van der Waals surface area contributed by atoms with Gasteiger partial charge >= 0.3 is 0 Å². The molecule has 7 nitrogen and oxygen atoms in total. The molecule has 0 aliphatic heterocycles. The van der Waals surface area contributed by atoms with Crippen molar-refractivity contribution < 1.29 is 18.0 Å². The third-order valence-electron chi connectivity index (χ3n) is 6.90. The van der Waals surface area contributed by atoms with Crippen LogP contribution in [-0.2, 0) is 32.6 Å². The standard InChI is InChI=1S/C35H39N3O4S/c1-27-20-22-30(23-21-27)38(43(41,42)31-18-12-7-13-19-31)26-33(39)37(25-29-16-10-6-11-17-29)32(34(40)36-35(2,3)4)24-28-14-8-5-9-15-28/h5-23,32H,24-26H2,1-4H3,(H,36,40)/t32-/m1/s1. The fraction of sp³-hybridized carbons (Fsp3) is 0.257. The summed E-state index contributed by atoms with van der Waals surface area (Å²) in [5.74, 6) is -0.803. The van der Waals surface area contributed by atoms with E-state index in [0.717, 1.165) is 21.0 Å². The molecule has 0 aliphatic carbocycles. The average Bonchev–Trinajstić information content (AvgIpc) is 2.98. The average molecular weight is 598 g/mol. The molecule has 0 saturated heterocycles. The predicted molar refractivity (Wildman–Crippen MR) is 171 cm³/mol. The van der Waals surface area contributed by atoms with Gasteiger partial charge in [-0.25, -0.2) is 8.42 Å². The summed E-state index contributed by atoms with van der Waals surface area (Å²) in [5, 5.41) is 3.04. The molecule has 0 radical (unpaired) electrons. The maximum atomic E-state index is 14.4. The first kappa shape index (κ1) is 31.5. The van der Waals surface area contributed by atoms with Crippen LogP contribution in [0.2, 0.25) is 0 Å². The smallest absolute Gasteiger partial charge is 0.264 e. The highest BCUT2D eigenvalue weighted by Crippen LogP contribution is 2.25. The number of hydrogen-bond donors (Lipinski definition) is 1.